The Morgan fingerprint density at radius 1 is 0.949 bits per heavy atom. The van der Waals surface area contributed by atoms with Gasteiger partial charge in [0.05, 0.1) is 10.6 Å². The number of benzene rings is 3. The summed E-state index contributed by atoms with van der Waals surface area (Å²) < 4.78 is 29.6. The Bertz CT molecular complexity index is 1380. The first-order chi connectivity index (χ1) is 18.4. The topological polar surface area (TPSA) is 86.8 Å². The van der Waals surface area contributed by atoms with Crippen molar-refractivity contribution < 1.29 is 18.0 Å². The van der Waals surface area contributed by atoms with E-state index in [-0.39, 0.29) is 23.4 Å². The van der Waals surface area contributed by atoms with Gasteiger partial charge in [-0.1, -0.05) is 64.3 Å². The Kier molecular flexibility index (Phi) is 10.6. The number of halogens is 2. The molecule has 0 heterocycles. The van der Waals surface area contributed by atoms with Gasteiger partial charge in [-0.2, -0.15) is 0 Å². The lowest BCUT2D eigenvalue weighted by molar-refractivity contribution is -0.139. The molecule has 3 aromatic carbocycles. The maximum absolute atomic E-state index is 13.9. The van der Waals surface area contributed by atoms with E-state index in [4.69, 9.17) is 11.6 Å². The van der Waals surface area contributed by atoms with Crippen LogP contribution in [0.4, 0.5) is 5.69 Å². The fourth-order valence-electron chi connectivity index (χ4n) is 3.81. The third-order valence-corrected chi connectivity index (χ3v) is 9.01. The van der Waals surface area contributed by atoms with Crippen LogP contribution in [0, 0.1) is 6.92 Å². The SMILES string of the molecule is CC[C@H](C)NC(=O)[C@@H](C)N(Cc1ccc(Br)cc1)C(=O)CN(c1ccc(C)cc1)S(=O)(=O)c1ccc(Cl)cc1. The Morgan fingerprint density at radius 3 is 2.10 bits per heavy atom. The van der Waals surface area contributed by atoms with Gasteiger partial charge in [0.25, 0.3) is 10.0 Å². The van der Waals surface area contributed by atoms with E-state index in [0.717, 1.165) is 26.3 Å². The van der Waals surface area contributed by atoms with Crippen LogP contribution in [0.1, 0.15) is 38.3 Å². The van der Waals surface area contributed by atoms with E-state index in [1.165, 1.54) is 29.2 Å². The molecule has 0 aliphatic rings. The summed E-state index contributed by atoms with van der Waals surface area (Å²) in [5.74, 6) is -0.819. The average molecular weight is 635 g/mol. The number of nitrogens with one attached hydrogen (secondary N) is 1. The van der Waals surface area contributed by atoms with E-state index in [1.54, 1.807) is 31.2 Å². The van der Waals surface area contributed by atoms with Gasteiger partial charge in [0, 0.05) is 22.1 Å². The highest BCUT2D eigenvalue weighted by atomic mass is 79.9. The molecular weight excluding hydrogens is 602 g/mol. The molecular formula is C29H33BrClN3O4S. The lowest BCUT2D eigenvalue weighted by atomic mass is 10.1. The van der Waals surface area contributed by atoms with Crippen LogP contribution in [0.2, 0.25) is 5.02 Å². The Morgan fingerprint density at radius 2 is 1.54 bits per heavy atom. The number of nitrogens with zero attached hydrogens (tertiary/aromatic N) is 2. The molecule has 208 valence electrons. The Labute approximate surface area is 244 Å². The van der Waals surface area contributed by atoms with Crippen molar-refractivity contribution >= 4 is 55.1 Å². The molecule has 10 heteroatoms. The second-order valence-corrected chi connectivity index (χ2v) is 12.7. The van der Waals surface area contributed by atoms with E-state index in [1.807, 2.05) is 45.0 Å². The highest BCUT2D eigenvalue weighted by molar-refractivity contribution is 9.10. The molecule has 3 aromatic rings. The third kappa shape index (κ3) is 8.06. The van der Waals surface area contributed by atoms with Crippen LogP contribution in [0.5, 0.6) is 0 Å². The number of rotatable bonds is 11. The number of carbonyl (C=O) groups excluding carboxylic acids is 2. The van der Waals surface area contributed by atoms with Gasteiger partial charge in [-0.05, 0) is 81.3 Å². The lowest BCUT2D eigenvalue weighted by Gasteiger charge is -2.32. The summed E-state index contributed by atoms with van der Waals surface area (Å²) in [4.78, 5) is 28.4. The minimum absolute atomic E-state index is 0.00213. The normalized spacial score (nSPS) is 12.9. The van der Waals surface area contributed by atoms with E-state index in [2.05, 4.69) is 21.2 Å². The van der Waals surface area contributed by atoms with Crippen LogP contribution in [0.25, 0.3) is 0 Å². The quantitative estimate of drug-likeness (QED) is 0.283. The van der Waals surface area contributed by atoms with Crippen molar-refractivity contribution in [3.8, 4) is 0 Å². The van der Waals surface area contributed by atoms with Crippen LogP contribution in [0.15, 0.2) is 82.2 Å². The Hall–Kier alpha value is -2.88. The van der Waals surface area contributed by atoms with E-state index in [9.17, 15) is 18.0 Å². The molecule has 1 N–H and O–H groups in total. The molecule has 0 spiro atoms. The van der Waals surface area contributed by atoms with Gasteiger partial charge in [0.1, 0.15) is 12.6 Å². The first kappa shape index (κ1) is 30.7. The summed E-state index contributed by atoms with van der Waals surface area (Å²) in [5, 5.41) is 3.32. The number of carbonyl (C=O) groups is 2. The minimum Gasteiger partial charge on any atom is -0.352 e. The summed E-state index contributed by atoms with van der Waals surface area (Å²) in [6.45, 7) is 7.03. The van der Waals surface area contributed by atoms with Gasteiger partial charge in [0.2, 0.25) is 11.8 Å². The van der Waals surface area contributed by atoms with E-state index >= 15 is 0 Å². The van der Waals surface area contributed by atoms with Crippen LogP contribution < -0.4 is 9.62 Å². The molecule has 2 atom stereocenters. The maximum atomic E-state index is 13.9. The lowest BCUT2D eigenvalue weighted by Crippen LogP contribution is -2.52. The highest BCUT2D eigenvalue weighted by Gasteiger charge is 2.32. The number of amides is 2. The molecule has 0 aromatic heterocycles. The molecule has 0 fully saturated rings. The number of hydrogen-bond acceptors (Lipinski definition) is 4. The molecule has 0 saturated heterocycles. The van der Waals surface area contributed by atoms with E-state index < -0.39 is 28.5 Å². The van der Waals surface area contributed by atoms with Crippen molar-refractivity contribution in [1.82, 2.24) is 10.2 Å². The molecule has 7 nitrogen and oxygen atoms in total. The molecule has 0 bridgehead atoms. The second kappa shape index (κ2) is 13.5. The summed E-state index contributed by atoms with van der Waals surface area (Å²) in [7, 11) is -4.14. The molecule has 0 aliphatic carbocycles. The molecule has 0 unspecified atom stereocenters. The number of hydrogen-bond donors (Lipinski definition) is 1. The zero-order valence-electron chi connectivity index (χ0n) is 22.4. The number of anilines is 1. The van der Waals surface area contributed by atoms with Gasteiger partial charge in [-0.15, -0.1) is 0 Å². The fourth-order valence-corrected chi connectivity index (χ4v) is 5.61. The zero-order chi connectivity index (χ0) is 28.7. The molecule has 3 rings (SSSR count). The summed E-state index contributed by atoms with van der Waals surface area (Å²) in [6, 6.07) is 19.2. The largest absolute Gasteiger partial charge is 0.352 e. The van der Waals surface area contributed by atoms with Crippen molar-refractivity contribution in [2.24, 2.45) is 0 Å². The highest BCUT2D eigenvalue weighted by Crippen LogP contribution is 2.26. The standard InChI is InChI=1S/C29H33BrClN3O4S/c1-5-21(3)32-29(36)22(4)33(18-23-8-10-24(30)11-9-23)28(35)19-34(26-14-6-20(2)7-15-26)39(37,38)27-16-12-25(31)13-17-27/h6-17,21-22H,5,18-19H2,1-4H3,(H,32,36)/t21-,22+/m0/s1. The van der Waals surface area contributed by atoms with Gasteiger partial charge in [-0.25, -0.2) is 8.42 Å². The van der Waals surface area contributed by atoms with Gasteiger partial charge >= 0.3 is 0 Å². The second-order valence-electron chi connectivity index (χ2n) is 9.44. The first-order valence-corrected chi connectivity index (χ1v) is 15.2. The zero-order valence-corrected chi connectivity index (χ0v) is 25.6. The van der Waals surface area contributed by atoms with Crippen LogP contribution >= 0.6 is 27.5 Å². The van der Waals surface area contributed by atoms with Crippen molar-refractivity contribution in [3.63, 3.8) is 0 Å². The van der Waals surface area contributed by atoms with Crippen molar-refractivity contribution in [1.29, 1.82) is 0 Å². The Balaban J connectivity index is 2.01. The maximum Gasteiger partial charge on any atom is 0.264 e. The molecule has 2 amide bonds. The van der Waals surface area contributed by atoms with Gasteiger partial charge in [0.15, 0.2) is 0 Å². The van der Waals surface area contributed by atoms with Crippen LogP contribution in [0.3, 0.4) is 0 Å². The van der Waals surface area contributed by atoms with E-state index in [0.29, 0.717) is 10.7 Å². The van der Waals surface area contributed by atoms with Crippen LogP contribution in [-0.4, -0.2) is 43.8 Å². The summed E-state index contributed by atoms with van der Waals surface area (Å²) >= 11 is 9.40. The first-order valence-electron chi connectivity index (χ1n) is 12.6. The predicted molar refractivity (Wildman–Crippen MR) is 159 cm³/mol. The van der Waals surface area contributed by atoms with Gasteiger partial charge < -0.3 is 10.2 Å². The van der Waals surface area contributed by atoms with Crippen LogP contribution in [-0.2, 0) is 26.2 Å². The predicted octanol–water partition coefficient (Wildman–Crippen LogP) is 5.94. The molecule has 0 aliphatic heterocycles. The summed E-state index contributed by atoms with van der Waals surface area (Å²) in [5.41, 5.74) is 2.09. The smallest absolute Gasteiger partial charge is 0.264 e. The van der Waals surface area contributed by atoms with Gasteiger partial charge in [-0.3, -0.25) is 13.9 Å². The van der Waals surface area contributed by atoms with Crippen molar-refractivity contribution in [2.75, 3.05) is 10.8 Å². The minimum atomic E-state index is -4.14. The fraction of sp³-hybridized carbons (Fsp3) is 0.310. The van der Waals surface area contributed by atoms with Crippen molar-refractivity contribution in [3.05, 3.63) is 93.4 Å². The monoisotopic (exact) mass is 633 g/mol. The number of aryl methyl sites for hydroxylation is 1. The number of sulfonamides is 1. The van der Waals surface area contributed by atoms with Crippen molar-refractivity contribution in [2.45, 2.75) is 57.6 Å². The average Bonchev–Trinajstić information content (AvgIpc) is 2.91. The molecule has 0 saturated carbocycles. The third-order valence-electron chi connectivity index (χ3n) is 6.44. The molecule has 0 radical (unpaired) electrons. The summed E-state index contributed by atoms with van der Waals surface area (Å²) in [6.07, 6.45) is 0.736. The molecule has 39 heavy (non-hydrogen) atoms.